The van der Waals surface area contributed by atoms with E-state index < -0.39 is 6.10 Å². The van der Waals surface area contributed by atoms with Crippen LogP contribution in [0.2, 0.25) is 0 Å². The van der Waals surface area contributed by atoms with Crippen molar-refractivity contribution in [3.05, 3.63) is 59.0 Å². The van der Waals surface area contributed by atoms with Crippen molar-refractivity contribution in [3.63, 3.8) is 0 Å². The van der Waals surface area contributed by atoms with Gasteiger partial charge in [0.25, 0.3) is 0 Å². The van der Waals surface area contributed by atoms with Gasteiger partial charge in [0.2, 0.25) is 0 Å². The molecule has 0 spiro atoms. The number of benzene rings is 1. The summed E-state index contributed by atoms with van der Waals surface area (Å²) in [5.74, 6) is 1.51. The first-order valence-electron chi connectivity index (χ1n) is 7.14. The summed E-state index contributed by atoms with van der Waals surface area (Å²) >= 11 is 0. The Morgan fingerprint density at radius 3 is 2.68 bits per heavy atom. The Hall–Kier alpha value is -1.54. The lowest BCUT2D eigenvalue weighted by molar-refractivity contribution is 0.214. The summed E-state index contributed by atoms with van der Waals surface area (Å²) in [6, 6.07) is 10.2. The fourth-order valence-corrected chi connectivity index (χ4v) is 2.90. The lowest BCUT2D eigenvalue weighted by Gasteiger charge is -2.29. The highest BCUT2D eigenvalue weighted by Gasteiger charge is 2.26. The molecule has 2 aromatic rings. The van der Waals surface area contributed by atoms with Gasteiger partial charge in [0.05, 0.1) is 6.26 Å². The minimum absolute atomic E-state index is 0.564. The number of hydrogen-bond donors (Lipinski definition) is 1. The van der Waals surface area contributed by atoms with E-state index in [0.717, 1.165) is 23.3 Å². The molecular formula is C17H20O2. The van der Waals surface area contributed by atoms with Gasteiger partial charge in [-0.25, -0.2) is 0 Å². The van der Waals surface area contributed by atoms with E-state index >= 15 is 0 Å². The van der Waals surface area contributed by atoms with Gasteiger partial charge in [-0.2, -0.15) is 0 Å². The third-order valence-corrected chi connectivity index (χ3v) is 4.23. The number of furan rings is 1. The second-order valence-electron chi connectivity index (χ2n) is 5.31. The van der Waals surface area contributed by atoms with E-state index in [0.29, 0.717) is 5.92 Å². The van der Waals surface area contributed by atoms with Crippen molar-refractivity contribution in [2.24, 2.45) is 0 Å². The highest BCUT2D eigenvalue weighted by molar-refractivity contribution is 5.39. The van der Waals surface area contributed by atoms with E-state index in [1.165, 1.54) is 24.8 Å². The topological polar surface area (TPSA) is 33.4 Å². The van der Waals surface area contributed by atoms with Crippen LogP contribution < -0.4 is 0 Å². The van der Waals surface area contributed by atoms with E-state index in [-0.39, 0.29) is 0 Å². The molecule has 1 aromatic heterocycles. The van der Waals surface area contributed by atoms with E-state index in [4.69, 9.17) is 4.42 Å². The summed E-state index contributed by atoms with van der Waals surface area (Å²) in [7, 11) is 0. The van der Waals surface area contributed by atoms with Crippen LogP contribution >= 0.6 is 0 Å². The molecule has 100 valence electrons. The molecular weight excluding hydrogens is 236 g/mol. The van der Waals surface area contributed by atoms with E-state index in [1.54, 1.807) is 6.26 Å². The maximum Gasteiger partial charge on any atom is 0.109 e. The van der Waals surface area contributed by atoms with Gasteiger partial charge in [0.15, 0.2) is 0 Å². The summed E-state index contributed by atoms with van der Waals surface area (Å²) in [5, 5.41) is 10.7. The molecule has 2 nitrogen and oxygen atoms in total. The summed E-state index contributed by atoms with van der Waals surface area (Å²) in [6.07, 6.45) is 5.71. The smallest absolute Gasteiger partial charge is 0.109 e. The Labute approximate surface area is 114 Å². The van der Waals surface area contributed by atoms with Crippen LogP contribution in [0.5, 0.6) is 0 Å². The van der Waals surface area contributed by atoms with Crippen LogP contribution in [0, 0.1) is 0 Å². The van der Waals surface area contributed by atoms with Crippen LogP contribution in [-0.4, -0.2) is 5.11 Å². The first-order chi connectivity index (χ1) is 9.31. The predicted molar refractivity (Wildman–Crippen MR) is 75.2 cm³/mol. The molecule has 1 aromatic carbocycles. The Morgan fingerprint density at radius 2 is 2.00 bits per heavy atom. The lowest BCUT2D eigenvalue weighted by atomic mass is 9.77. The highest BCUT2D eigenvalue weighted by atomic mass is 16.3. The van der Waals surface area contributed by atoms with E-state index in [1.807, 2.05) is 25.1 Å². The molecule has 1 aliphatic carbocycles. The largest absolute Gasteiger partial charge is 0.469 e. The minimum atomic E-state index is -0.564. The Kier molecular flexibility index (Phi) is 3.43. The first kappa shape index (κ1) is 12.5. The lowest BCUT2D eigenvalue weighted by Crippen LogP contribution is -2.13. The minimum Gasteiger partial charge on any atom is -0.469 e. The summed E-state index contributed by atoms with van der Waals surface area (Å²) in [6.45, 7) is 2.05. The van der Waals surface area contributed by atoms with Crippen LogP contribution in [0.4, 0.5) is 0 Å². The Balaban J connectivity index is 1.97. The number of aliphatic hydroxyl groups excluding tert-OH is 1. The average molecular weight is 256 g/mol. The zero-order valence-corrected chi connectivity index (χ0v) is 11.3. The molecule has 1 aliphatic rings. The molecule has 0 radical (unpaired) electrons. The first-order valence-corrected chi connectivity index (χ1v) is 7.14. The van der Waals surface area contributed by atoms with Crippen LogP contribution in [0.1, 0.15) is 60.7 Å². The van der Waals surface area contributed by atoms with Gasteiger partial charge in [-0.3, -0.25) is 0 Å². The van der Waals surface area contributed by atoms with Crippen molar-refractivity contribution in [1.82, 2.24) is 0 Å². The van der Waals surface area contributed by atoms with Gasteiger partial charge in [-0.15, -0.1) is 0 Å². The predicted octanol–water partition coefficient (Wildman–Crippen LogP) is 4.19. The quantitative estimate of drug-likeness (QED) is 0.889. The van der Waals surface area contributed by atoms with Gasteiger partial charge in [-0.1, -0.05) is 37.6 Å². The zero-order chi connectivity index (χ0) is 13.2. The molecule has 1 unspecified atom stereocenters. The molecule has 0 bridgehead atoms. The van der Waals surface area contributed by atoms with Crippen LogP contribution in [0.25, 0.3) is 0 Å². The maximum atomic E-state index is 10.7. The molecule has 1 heterocycles. The molecule has 1 N–H and O–H groups in total. The Bertz CT molecular complexity index is 552. The monoisotopic (exact) mass is 256 g/mol. The fraction of sp³-hybridized carbons (Fsp3) is 0.412. The van der Waals surface area contributed by atoms with Gasteiger partial charge in [0, 0.05) is 12.0 Å². The highest BCUT2D eigenvalue weighted by Crippen LogP contribution is 2.41. The maximum absolute atomic E-state index is 10.7. The number of rotatable bonds is 4. The SMILES string of the molecule is CCc1occc1C(O)c1ccccc1C1CCC1. The van der Waals surface area contributed by atoms with Crippen molar-refractivity contribution < 1.29 is 9.52 Å². The van der Waals surface area contributed by atoms with Gasteiger partial charge in [0.1, 0.15) is 11.9 Å². The van der Waals surface area contributed by atoms with Gasteiger partial charge < -0.3 is 9.52 Å². The second-order valence-corrected chi connectivity index (χ2v) is 5.31. The summed E-state index contributed by atoms with van der Waals surface area (Å²) < 4.78 is 5.44. The van der Waals surface area contributed by atoms with Crippen molar-refractivity contribution in [2.45, 2.75) is 44.6 Å². The average Bonchev–Trinajstić information content (AvgIpc) is 2.85. The molecule has 1 saturated carbocycles. The van der Waals surface area contributed by atoms with Crippen LogP contribution in [-0.2, 0) is 6.42 Å². The summed E-state index contributed by atoms with van der Waals surface area (Å²) in [4.78, 5) is 0. The van der Waals surface area contributed by atoms with Crippen molar-refractivity contribution in [2.75, 3.05) is 0 Å². The molecule has 0 aliphatic heterocycles. The molecule has 3 rings (SSSR count). The molecule has 0 saturated heterocycles. The van der Waals surface area contributed by atoms with Crippen LogP contribution in [0.15, 0.2) is 41.0 Å². The molecule has 19 heavy (non-hydrogen) atoms. The molecule has 2 heteroatoms. The normalized spacial score (nSPS) is 17.2. The third kappa shape index (κ3) is 2.21. The number of aliphatic hydroxyl groups is 1. The van der Waals surface area contributed by atoms with Crippen molar-refractivity contribution in [1.29, 1.82) is 0 Å². The molecule has 1 atom stereocenters. The molecule has 0 amide bonds. The number of aryl methyl sites for hydroxylation is 1. The zero-order valence-electron chi connectivity index (χ0n) is 11.3. The van der Waals surface area contributed by atoms with Crippen LogP contribution in [0.3, 0.4) is 0 Å². The van der Waals surface area contributed by atoms with E-state index in [9.17, 15) is 5.11 Å². The third-order valence-electron chi connectivity index (χ3n) is 4.23. The number of hydrogen-bond acceptors (Lipinski definition) is 2. The van der Waals surface area contributed by atoms with Crippen molar-refractivity contribution >= 4 is 0 Å². The Morgan fingerprint density at radius 1 is 1.21 bits per heavy atom. The van der Waals surface area contributed by atoms with Crippen molar-refractivity contribution in [3.8, 4) is 0 Å². The second kappa shape index (κ2) is 5.22. The van der Waals surface area contributed by atoms with Gasteiger partial charge >= 0.3 is 0 Å². The molecule has 1 fully saturated rings. The fourth-order valence-electron chi connectivity index (χ4n) is 2.90. The standard InChI is InChI=1S/C17H20O2/c1-2-16-15(10-11-19-16)17(18)14-9-4-3-8-13(14)12-6-5-7-12/h3-4,8-12,17-18H,2,5-7H2,1H3. The van der Waals surface area contributed by atoms with E-state index in [2.05, 4.69) is 12.1 Å². The van der Waals surface area contributed by atoms with Gasteiger partial charge in [-0.05, 0) is 36.0 Å². The summed E-state index contributed by atoms with van der Waals surface area (Å²) in [5.41, 5.74) is 3.27.